The van der Waals surface area contributed by atoms with Gasteiger partial charge in [-0.1, -0.05) is 0 Å². The molecule has 0 spiro atoms. The summed E-state index contributed by atoms with van der Waals surface area (Å²) in [5.41, 5.74) is 4.49. The minimum atomic E-state index is 0.733. The summed E-state index contributed by atoms with van der Waals surface area (Å²) < 4.78 is 11.6. The van der Waals surface area contributed by atoms with Crippen LogP contribution in [0.15, 0.2) is 36.1 Å². The number of nitrogens with zero attached hydrogens (tertiary/aromatic N) is 2. The monoisotopic (exact) mass is 287 g/mol. The standard InChI is InChI=1S/C14H13N3O2S/c1-18-10-3-9(4-11(5-10)19-2)17-13-7-15-6-12-14(13)20-8-16-12/h3-8,17H,1-2H3. The molecule has 0 saturated carbocycles. The van der Waals surface area contributed by atoms with Crippen LogP contribution < -0.4 is 14.8 Å². The Morgan fingerprint density at radius 1 is 1.05 bits per heavy atom. The van der Waals surface area contributed by atoms with E-state index in [9.17, 15) is 0 Å². The minimum absolute atomic E-state index is 0.733. The van der Waals surface area contributed by atoms with Crippen molar-refractivity contribution in [1.29, 1.82) is 0 Å². The second-order valence-corrected chi connectivity index (χ2v) is 4.97. The van der Waals surface area contributed by atoms with Crippen molar-refractivity contribution in [3.8, 4) is 11.5 Å². The molecular formula is C14H13N3O2S. The second-order valence-electron chi connectivity index (χ2n) is 4.11. The van der Waals surface area contributed by atoms with E-state index in [1.165, 1.54) is 0 Å². The Balaban J connectivity index is 2.00. The molecule has 20 heavy (non-hydrogen) atoms. The molecule has 0 aliphatic heterocycles. The molecule has 2 aromatic heterocycles. The lowest BCUT2D eigenvalue weighted by molar-refractivity contribution is 0.395. The molecule has 0 unspecified atom stereocenters. The van der Waals surface area contributed by atoms with Crippen LogP contribution in [0.25, 0.3) is 10.2 Å². The summed E-state index contributed by atoms with van der Waals surface area (Å²) in [6.07, 6.45) is 3.54. The maximum Gasteiger partial charge on any atom is 0.124 e. The van der Waals surface area contributed by atoms with Gasteiger partial charge < -0.3 is 14.8 Å². The number of rotatable bonds is 4. The molecule has 102 valence electrons. The van der Waals surface area contributed by atoms with Crippen LogP contribution in [0.4, 0.5) is 11.4 Å². The number of pyridine rings is 1. The smallest absolute Gasteiger partial charge is 0.124 e. The van der Waals surface area contributed by atoms with E-state index in [1.807, 2.05) is 23.7 Å². The minimum Gasteiger partial charge on any atom is -0.497 e. The number of aromatic nitrogens is 2. The number of fused-ring (bicyclic) bond motifs is 1. The molecule has 0 amide bonds. The predicted octanol–water partition coefficient (Wildman–Crippen LogP) is 3.45. The molecule has 3 rings (SSSR count). The van der Waals surface area contributed by atoms with E-state index in [2.05, 4.69) is 15.3 Å². The lowest BCUT2D eigenvalue weighted by Crippen LogP contribution is -1.94. The Kier molecular flexibility index (Phi) is 3.39. The highest BCUT2D eigenvalue weighted by molar-refractivity contribution is 7.17. The summed E-state index contributed by atoms with van der Waals surface area (Å²) >= 11 is 1.58. The Morgan fingerprint density at radius 3 is 2.50 bits per heavy atom. The molecule has 0 bridgehead atoms. The maximum absolute atomic E-state index is 5.26. The lowest BCUT2D eigenvalue weighted by atomic mass is 10.2. The van der Waals surface area contributed by atoms with Crippen molar-refractivity contribution in [1.82, 2.24) is 9.97 Å². The van der Waals surface area contributed by atoms with Crippen LogP contribution in [0.5, 0.6) is 11.5 Å². The fourth-order valence-corrected chi connectivity index (χ4v) is 2.64. The van der Waals surface area contributed by atoms with Crippen molar-refractivity contribution >= 4 is 32.9 Å². The topological polar surface area (TPSA) is 56.3 Å². The molecule has 0 aliphatic carbocycles. The zero-order valence-corrected chi connectivity index (χ0v) is 11.9. The summed E-state index contributed by atoms with van der Waals surface area (Å²) in [6.45, 7) is 0. The van der Waals surface area contributed by atoms with Crippen LogP contribution in [0.2, 0.25) is 0 Å². The van der Waals surface area contributed by atoms with Gasteiger partial charge in [0.15, 0.2) is 0 Å². The van der Waals surface area contributed by atoms with Crippen molar-refractivity contribution in [3.05, 3.63) is 36.1 Å². The van der Waals surface area contributed by atoms with Gasteiger partial charge in [0.1, 0.15) is 17.0 Å². The zero-order chi connectivity index (χ0) is 13.9. The van der Waals surface area contributed by atoms with E-state index in [1.54, 1.807) is 38.0 Å². The van der Waals surface area contributed by atoms with E-state index in [4.69, 9.17) is 9.47 Å². The van der Waals surface area contributed by atoms with E-state index >= 15 is 0 Å². The van der Waals surface area contributed by atoms with E-state index < -0.39 is 0 Å². The Morgan fingerprint density at radius 2 is 1.80 bits per heavy atom. The molecule has 0 fully saturated rings. The van der Waals surface area contributed by atoms with Gasteiger partial charge in [-0.2, -0.15) is 0 Å². The summed E-state index contributed by atoms with van der Waals surface area (Å²) in [4.78, 5) is 8.44. The van der Waals surface area contributed by atoms with Gasteiger partial charge in [-0.3, -0.25) is 4.98 Å². The summed E-state index contributed by atoms with van der Waals surface area (Å²) in [6, 6.07) is 5.64. The van der Waals surface area contributed by atoms with E-state index in [0.717, 1.165) is 33.1 Å². The molecule has 0 aliphatic rings. The van der Waals surface area contributed by atoms with Crippen molar-refractivity contribution in [2.75, 3.05) is 19.5 Å². The molecule has 1 aromatic carbocycles. The number of hydrogen-bond acceptors (Lipinski definition) is 6. The molecule has 2 heterocycles. The number of ether oxygens (including phenoxy) is 2. The molecule has 3 aromatic rings. The molecule has 0 atom stereocenters. The Bertz CT molecular complexity index is 720. The molecule has 1 N–H and O–H groups in total. The van der Waals surface area contributed by atoms with Gasteiger partial charge in [0.2, 0.25) is 0 Å². The first kappa shape index (κ1) is 12.7. The second kappa shape index (κ2) is 5.34. The number of methoxy groups -OCH3 is 2. The van der Waals surface area contributed by atoms with Crippen molar-refractivity contribution in [2.45, 2.75) is 0 Å². The SMILES string of the molecule is COc1cc(Nc2cncc3ncsc23)cc(OC)c1. The van der Waals surface area contributed by atoms with E-state index in [-0.39, 0.29) is 0 Å². The van der Waals surface area contributed by atoms with Gasteiger partial charge in [-0.25, -0.2) is 4.98 Å². The van der Waals surface area contributed by atoms with Crippen molar-refractivity contribution < 1.29 is 9.47 Å². The average molecular weight is 287 g/mol. The third kappa shape index (κ3) is 2.37. The maximum atomic E-state index is 5.26. The summed E-state index contributed by atoms with van der Waals surface area (Å²) in [5.74, 6) is 1.47. The largest absolute Gasteiger partial charge is 0.497 e. The van der Waals surface area contributed by atoms with Gasteiger partial charge in [-0.05, 0) is 0 Å². The highest BCUT2D eigenvalue weighted by Crippen LogP contribution is 2.31. The summed E-state index contributed by atoms with van der Waals surface area (Å²) in [5, 5.41) is 3.33. The molecule has 0 radical (unpaired) electrons. The third-order valence-corrected chi connectivity index (χ3v) is 3.75. The average Bonchev–Trinajstić information content (AvgIpc) is 2.96. The third-order valence-electron chi connectivity index (χ3n) is 2.87. The van der Waals surface area contributed by atoms with Gasteiger partial charge in [0.25, 0.3) is 0 Å². The number of nitrogens with one attached hydrogen (secondary N) is 1. The number of anilines is 2. The van der Waals surface area contributed by atoms with Gasteiger partial charge in [-0.15, -0.1) is 11.3 Å². The Hall–Kier alpha value is -2.34. The van der Waals surface area contributed by atoms with E-state index in [0.29, 0.717) is 0 Å². The van der Waals surface area contributed by atoms with Crippen LogP contribution in [0.3, 0.4) is 0 Å². The fraction of sp³-hybridized carbons (Fsp3) is 0.143. The fourth-order valence-electron chi connectivity index (χ4n) is 1.91. The van der Waals surface area contributed by atoms with Gasteiger partial charge >= 0.3 is 0 Å². The highest BCUT2D eigenvalue weighted by Gasteiger charge is 2.07. The van der Waals surface area contributed by atoms with Gasteiger partial charge in [0.05, 0.1) is 42.5 Å². The molecule has 5 nitrogen and oxygen atoms in total. The van der Waals surface area contributed by atoms with Crippen LogP contribution in [0, 0.1) is 0 Å². The quantitative estimate of drug-likeness (QED) is 0.796. The number of benzene rings is 1. The first-order chi connectivity index (χ1) is 9.80. The van der Waals surface area contributed by atoms with Crippen LogP contribution in [-0.4, -0.2) is 24.2 Å². The van der Waals surface area contributed by atoms with Crippen LogP contribution in [0.1, 0.15) is 0 Å². The predicted molar refractivity (Wildman–Crippen MR) is 80.2 cm³/mol. The zero-order valence-electron chi connectivity index (χ0n) is 11.1. The first-order valence-corrected chi connectivity index (χ1v) is 6.85. The first-order valence-electron chi connectivity index (χ1n) is 5.97. The Labute approximate surface area is 120 Å². The number of hydrogen-bond donors (Lipinski definition) is 1. The lowest BCUT2D eigenvalue weighted by Gasteiger charge is -2.10. The van der Waals surface area contributed by atoms with Gasteiger partial charge in [0, 0.05) is 23.9 Å². The highest BCUT2D eigenvalue weighted by atomic mass is 32.1. The normalized spacial score (nSPS) is 10.5. The van der Waals surface area contributed by atoms with Crippen LogP contribution in [-0.2, 0) is 0 Å². The molecule has 6 heteroatoms. The molecular weight excluding hydrogens is 274 g/mol. The molecule has 0 saturated heterocycles. The van der Waals surface area contributed by atoms with Crippen LogP contribution >= 0.6 is 11.3 Å². The number of thiazole rings is 1. The van der Waals surface area contributed by atoms with Crippen molar-refractivity contribution in [3.63, 3.8) is 0 Å². The van der Waals surface area contributed by atoms with Crippen molar-refractivity contribution in [2.24, 2.45) is 0 Å². The summed E-state index contributed by atoms with van der Waals surface area (Å²) in [7, 11) is 3.26.